The predicted octanol–water partition coefficient (Wildman–Crippen LogP) is 2.93. The molecule has 1 heterocycles. The zero-order valence-corrected chi connectivity index (χ0v) is 16.6. The lowest BCUT2D eigenvalue weighted by Crippen LogP contribution is -2.51. The molecule has 3 rings (SSSR count). The van der Waals surface area contributed by atoms with Gasteiger partial charge < -0.3 is 10.4 Å². The Morgan fingerprint density at radius 3 is 2.64 bits per heavy atom. The Hall–Kier alpha value is -2.15. The number of halogens is 1. The van der Waals surface area contributed by atoms with Gasteiger partial charge >= 0.3 is 6.09 Å². The maximum absolute atomic E-state index is 13.1. The molecule has 2 aliphatic rings. The van der Waals surface area contributed by atoms with Gasteiger partial charge in [-0.1, -0.05) is 25.5 Å². The summed E-state index contributed by atoms with van der Waals surface area (Å²) in [6.45, 7) is 4.63. The Labute approximate surface area is 165 Å². The number of benzene rings is 1. The Morgan fingerprint density at radius 1 is 1.29 bits per heavy atom. The lowest BCUT2D eigenvalue weighted by Gasteiger charge is -2.28. The molecule has 0 spiro atoms. The van der Waals surface area contributed by atoms with E-state index in [9.17, 15) is 19.1 Å². The van der Waals surface area contributed by atoms with Gasteiger partial charge in [0.1, 0.15) is 11.9 Å². The minimum atomic E-state index is -1.08. The molecule has 6 nitrogen and oxygen atoms in total. The molecule has 1 saturated heterocycles. The molecule has 0 radical (unpaired) electrons. The smallest absolute Gasteiger partial charge is 0.407 e. The molecule has 1 aliphatic carbocycles. The summed E-state index contributed by atoms with van der Waals surface area (Å²) in [4.78, 5) is 27.5. The number of likely N-dealkylation sites (N-methyl/N-ethyl adjacent to an activating group) is 1. The molecule has 1 aromatic carbocycles. The van der Waals surface area contributed by atoms with E-state index in [-0.39, 0.29) is 17.8 Å². The molecule has 1 aromatic rings. The van der Waals surface area contributed by atoms with Crippen molar-refractivity contribution in [2.75, 3.05) is 20.1 Å². The molecule has 4 atom stereocenters. The third-order valence-corrected chi connectivity index (χ3v) is 6.21. The highest BCUT2D eigenvalue weighted by Gasteiger charge is 2.43. The second kappa shape index (κ2) is 8.90. The number of hydrogen-bond acceptors (Lipinski definition) is 3. The Kier molecular flexibility index (Phi) is 6.54. The standard InChI is InChI=1S/C21H30FN3O3/c1-3-4-19(24(2)21(27)28)20(26)23-18-10-7-15-12-25(13-17(15)18)11-14-5-8-16(22)9-6-14/h5-6,8-9,15,17-19H,3-4,7,10-13H2,1-2H3,(H,23,26)(H,27,28)/t15-,17?,18?,19?/m0/s1. The van der Waals surface area contributed by atoms with Crippen LogP contribution in [0.2, 0.25) is 0 Å². The van der Waals surface area contributed by atoms with Crippen LogP contribution in [0.1, 0.15) is 38.2 Å². The van der Waals surface area contributed by atoms with Crippen molar-refractivity contribution in [1.29, 1.82) is 0 Å². The van der Waals surface area contributed by atoms with E-state index in [1.165, 1.54) is 19.2 Å². The minimum Gasteiger partial charge on any atom is -0.465 e. The normalized spacial score (nSPS) is 25.3. The molecule has 0 bridgehead atoms. The number of amides is 2. The van der Waals surface area contributed by atoms with Crippen molar-refractivity contribution in [3.63, 3.8) is 0 Å². The zero-order chi connectivity index (χ0) is 20.3. The van der Waals surface area contributed by atoms with Gasteiger partial charge in [-0.25, -0.2) is 9.18 Å². The lowest BCUT2D eigenvalue weighted by atomic mass is 9.97. The number of nitrogens with one attached hydrogen (secondary N) is 1. The van der Waals surface area contributed by atoms with E-state index in [2.05, 4.69) is 10.2 Å². The van der Waals surface area contributed by atoms with Crippen LogP contribution < -0.4 is 5.32 Å². The molecule has 2 N–H and O–H groups in total. The van der Waals surface area contributed by atoms with E-state index in [0.29, 0.717) is 18.3 Å². The SMILES string of the molecule is CCCC(C(=O)NC1CC[C@H]2CN(Cc3ccc(F)cc3)CC12)N(C)C(=O)O. The van der Waals surface area contributed by atoms with E-state index in [4.69, 9.17) is 0 Å². The summed E-state index contributed by atoms with van der Waals surface area (Å²) in [6.07, 6.45) is 2.21. The second-order valence-corrected chi connectivity index (χ2v) is 8.13. The highest BCUT2D eigenvalue weighted by Crippen LogP contribution is 2.38. The van der Waals surface area contributed by atoms with Gasteiger partial charge in [0.15, 0.2) is 0 Å². The molecule has 154 valence electrons. The van der Waals surface area contributed by atoms with Crippen LogP contribution in [0.3, 0.4) is 0 Å². The fourth-order valence-electron chi connectivity index (χ4n) is 4.70. The van der Waals surface area contributed by atoms with Crippen LogP contribution in [0.4, 0.5) is 9.18 Å². The van der Waals surface area contributed by atoms with Crippen LogP contribution in [-0.4, -0.2) is 59.1 Å². The van der Waals surface area contributed by atoms with Gasteiger partial charge in [0.2, 0.25) is 5.91 Å². The third-order valence-electron chi connectivity index (χ3n) is 6.21. The zero-order valence-electron chi connectivity index (χ0n) is 16.6. The molecule has 2 amide bonds. The Morgan fingerprint density at radius 2 is 2.00 bits per heavy atom. The summed E-state index contributed by atoms with van der Waals surface area (Å²) in [5.74, 6) is 0.529. The number of fused-ring (bicyclic) bond motifs is 1. The van der Waals surface area contributed by atoms with Crippen molar-refractivity contribution < 1.29 is 19.1 Å². The summed E-state index contributed by atoms with van der Waals surface area (Å²) in [6, 6.07) is 6.07. The largest absolute Gasteiger partial charge is 0.465 e. The highest BCUT2D eigenvalue weighted by molar-refractivity contribution is 5.85. The summed E-state index contributed by atoms with van der Waals surface area (Å²) in [5, 5.41) is 12.4. The number of carbonyl (C=O) groups is 2. The maximum Gasteiger partial charge on any atom is 0.407 e. The molecule has 2 fully saturated rings. The third kappa shape index (κ3) is 4.63. The van der Waals surface area contributed by atoms with Crippen LogP contribution in [0.15, 0.2) is 24.3 Å². The molecule has 7 heteroatoms. The fourth-order valence-corrected chi connectivity index (χ4v) is 4.70. The molecule has 1 aliphatic heterocycles. The summed E-state index contributed by atoms with van der Waals surface area (Å²) < 4.78 is 13.1. The van der Waals surface area contributed by atoms with Crippen molar-refractivity contribution in [2.45, 2.75) is 51.2 Å². The van der Waals surface area contributed by atoms with E-state index in [1.54, 1.807) is 0 Å². The van der Waals surface area contributed by atoms with Gasteiger partial charge in [0, 0.05) is 32.7 Å². The molecule has 1 saturated carbocycles. The van der Waals surface area contributed by atoms with Crippen molar-refractivity contribution >= 4 is 12.0 Å². The first-order valence-corrected chi connectivity index (χ1v) is 10.1. The molecular formula is C21H30FN3O3. The number of carboxylic acid groups (broad SMARTS) is 1. The fraction of sp³-hybridized carbons (Fsp3) is 0.619. The monoisotopic (exact) mass is 391 g/mol. The van der Waals surface area contributed by atoms with E-state index in [0.717, 1.165) is 49.4 Å². The summed E-state index contributed by atoms with van der Waals surface area (Å²) >= 11 is 0. The quantitative estimate of drug-likeness (QED) is 0.750. The number of nitrogens with zero attached hydrogens (tertiary/aromatic N) is 2. The van der Waals surface area contributed by atoms with Gasteiger partial charge in [-0.05, 0) is 48.8 Å². The Bertz CT molecular complexity index is 697. The highest BCUT2D eigenvalue weighted by atomic mass is 19.1. The average Bonchev–Trinajstić information content (AvgIpc) is 3.22. The maximum atomic E-state index is 13.1. The van der Waals surface area contributed by atoms with Crippen molar-refractivity contribution in [2.24, 2.45) is 11.8 Å². The summed E-state index contributed by atoms with van der Waals surface area (Å²) in [7, 11) is 1.46. The number of carbonyl (C=O) groups excluding carboxylic acids is 1. The number of likely N-dealkylation sites (tertiary alicyclic amines) is 1. The molecule has 3 unspecified atom stereocenters. The first-order valence-electron chi connectivity index (χ1n) is 10.1. The van der Waals surface area contributed by atoms with Crippen molar-refractivity contribution in [3.05, 3.63) is 35.6 Å². The molecular weight excluding hydrogens is 361 g/mol. The first-order chi connectivity index (χ1) is 13.4. The summed E-state index contributed by atoms with van der Waals surface area (Å²) in [5.41, 5.74) is 1.09. The van der Waals surface area contributed by atoms with Gasteiger partial charge in [-0.3, -0.25) is 14.6 Å². The Balaban J connectivity index is 1.58. The molecule has 0 aromatic heterocycles. The van der Waals surface area contributed by atoms with Crippen LogP contribution in [-0.2, 0) is 11.3 Å². The van der Waals surface area contributed by atoms with Gasteiger partial charge in [0.25, 0.3) is 0 Å². The van der Waals surface area contributed by atoms with Gasteiger partial charge in [-0.15, -0.1) is 0 Å². The molecule has 28 heavy (non-hydrogen) atoms. The average molecular weight is 391 g/mol. The van der Waals surface area contributed by atoms with E-state index in [1.807, 2.05) is 19.1 Å². The van der Waals surface area contributed by atoms with E-state index < -0.39 is 12.1 Å². The second-order valence-electron chi connectivity index (χ2n) is 8.13. The number of hydrogen-bond donors (Lipinski definition) is 2. The van der Waals surface area contributed by atoms with Crippen LogP contribution in [0, 0.1) is 17.7 Å². The van der Waals surface area contributed by atoms with E-state index >= 15 is 0 Å². The number of rotatable bonds is 7. The van der Waals surface area contributed by atoms with Crippen LogP contribution >= 0.6 is 0 Å². The van der Waals surface area contributed by atoms with Crippen molar-refractivity contribution in [3.8, 4) is 0 Å². The lowest BCUT2D eigenvalue weighted by molar-refractivity contribution is -0.126. The topological polar surface area (TPSA) is 72.9 Å². The van der Waals surface area contributed by atoms with Gasteiger partial charge in [0.05, 0.1) is 0 Å². The predicted molar refractivity (Wildman–Crippen MR) is 104 cm³/mol. The first kappa shape index (κ1) is 20.6. The van der Waals surface area contributed by atoms with Crippen LogP contribution in [0.25, 0.3) is 0 Å². The minimum absolute atomic E-state index is 0.0947. The van der Waals surface area contributed by atoms with Crippen molar-refractivity contribution in [1.82, 2.24) is 15.1 Å². The van der Waals surface area contributed by atoms with Gasteiger partial charge in [-0.2, -0.15) is 0 Å². The van der Waals surface area contributed by atoms with Crippen LogP contribution in [0.5, 0.6) is 0 Å².